The monoisotopic (exact) mass is 437 g/mol. The first-order chi connectivity index (χ1) is 11.7. The van der Waals surface area contributed by atoms with Gasteiger partial charge in [0.15, 0.2) is 0 Å². The fourth-order valence-electron chi connectivity index (χ4n) is 2.16. The molecule has 0 aliphatic heterocycles. The van der Waals surface area contributed by atoms with Crippen molar-refractivity contribution in [2.75, 3.05) is 0 Å². The van der Waals surface area contributed by atoms with E-state index in [0.29, 0.717) is 10.0 Å². The predicted octanol–water partition coefficient (Wildman–Crippen LogP) is 4.37. The Morgan fingerprint density at radius 1 is 1.16 bits per heavy atom. The summed E-state index contributed by atoms with van der Waals surface area (Å²) in [6.45, 7) is -1.33. The zero-order chi connectivity index (χ0) is 18.6. The Bertz CT molecular complexity index is 829. The lowest BCUT2D eigenvalue weighted by molar-refractivity contribution is -0.0498. The Hall–Kier alpha value is -1.58. The lowest BCUT2D eigenvalue weighted by Crippen LogP contribution is -2.28. The summed E-state index contributed by atoms with van der Waals surface area (Å²) < 4.78 is 69.6. The van der Waals surface area contributed by atoms with Gasteiger partial charge in [0, 0.05) is 16.1 Å². The zero-order valence-corrected chi connectivity index (χ0v) is 15.5. The molecule has 0 aliphatic rings. The topological polar surface area (TPSA) is 55.4 Å². The number of nitrogens with one attached hydrogen (secondary N) is 1. The van der Waals surface area contributed by atoms with Gasteiger partial charge in [-0.2, -0.15) is 8.78 Å². The Morgan fingerprint density at radius 2 is 1.80 bits per heavy atom. The van der Waals surface area contributed by atoms with Crippen LogP contribution in [-0.4, -0.2) is 15.0 Å². The molecule has 0 fully saturated rings. The molecule has 1 atom stereocenters. The number of alkyl halides is 2. The van der Waals surface area contributed by atoms with Crippen molar-refractivity contribution in [2.24, 2.45) is 0 Å². The van der Waals surface area contributed by atoms with Gasteiger partial charge in [-0.3, -0.25) is 0 Å². The number of hydrogen-bond acceptors (Lipinski definition) is 3. The number of hydrogen-bond donors (Lipinski definition) is 1. The maximum Gasteiger partial charge on any atom is 0.387 e. The Labute approximate surface area is 152 Å². The highest BCUT2D eigenvalue weighted by Gasteiger charge is 2.19. The molecular formula is C16H15BrF3NO3S. The number of sulfonamides is 1. The molecule has 0 bridgehead atoms. The molecule has 0 saturated heterocycles. The van der Waals surface area contributed by atoms with E-state index in [2.05, 4.69) is 25.4 Å². The minimum absolute atomic E-state index is 0.0225. The summed E-state index contributed by atoms with van der Waals surface area (Å²) in [6.07, 6.45) is 0. The van der Waals surface area contributed by atoms with Gasteiger partial charge in [-0.15, -0.1) is 0 Å². The first-order valence-electron chi connectivity index (χ1n) is 7.15. The van der Waals surface area contributed by atoms with Crippen LogP contribution in [0.5, 0.6) is 5.75 Å². The van der Waals surface area contributed by atoms with Crippen molar-refractivity contribution in [1.29, 1.82) is 0 Å². The minimum Gasteiger partial charge on any atom is -0.435 e. The van der Waals surface area contributed by atoms with Gasteiger partial charge in [0.05, 0.1) is 5.75 Å². The summed E-state index contributed by atoms with van der Waals surface area (Å²) in [7, 11) is -3.80. The van der Waals surface area contributed by atoms with E-state index in [4.69, 9.17) is 0 Å². The highest BCUT2D eigenvalue weighted by Crippen LogP contribution is 2.21. The van der Waals surface area contributed by atoms with Crippen LogP contribution in [0.25, 0.3) is 0 Å². The molecule has 0 radical (unpaired) electrons. The van der Waals surface area contributed by atoms with Crippen LogP contribution < -0.4 is 9.46 Å². The van der Waals surface area contributed by atoms with Crippen LogP contribution in [0.3, 0.4) is 0 Å². The normalized spacial score (nSPS) is 13.0. The van der Waals surface area contributed by atoms with Gasteiger partial charge >= 0.3 is 6.61 Å². The fraction of sp³-hybridized carbons (Fsp3) is 0.250. The van der Waals surface area contributed by atoms with Crippen molar-refractivity contribution in [3.05, 3.63) is 63.9 Å². The highest BCUT2D eigenvalue weighted by atomic mass is 79.9. The summed E-state index contributed by atoms with van der Waals surface area (Å²) in [5, 5.41) is 0. The van der Waals surface area contributed by atoms with E-state index in [1.807, 2.05) is 0 Å². The number of ether oxygens (including phenoxy) is 1. The molecule has 2 rings (SSSR count). The van der Waals surface area contributed by atoms with E-state index < -0.39 is 34.2 Å². The van der Waals surface area contributed by atoms with Crippen LogP contribution in [-0.2, 0) is 15.8 Å². The van der Waals surface area contributed by atoms with E-state index >= 15 is 0 Å². The van der Waals surface area contributed by atoms with Crippen molar-refractivity contribution in [3.63, 3.8) is 0 Å². The van der Waals surface area contributed by atoms with Gasteiger partial charge < -0.3 is 4.74 Å². The van der Waals surface area contributed by atoms with E-state index in [9.17, 15) is 21.6 Å². The van der Waals surface area contributed by atoms with E-state index in [1.165, 1.54) is 36.4 Å². The third-order valence-corrected chi connectivity index (χ3v) is 5.22. The molecule has 0 saturated carbocycles. The Kier molecular flexibility index (Phi) is 6.47. The third-order valence-electron chi connectivity index (χ3n) is 3.32. The molecule has 0 aliphatic carbocycles. The molecular weight excluding hydrogens is 423 g/mol. The second kappa shape index (κ2) is 8.20. The van der Waals surface area contributed by atoms with Crippen LogP contribution in [0.1, 0.15) is 24.1 Å². The maximum atomic E-state index is 13.8. The number of halogens is 4. The average Bonchev–Trinajstić information content (AvgIpc) is 2.49. The molecule has 0 heterocycles. The standard InChI is InChI=1S/C16H15BrF3NO3S/c1-10(11-3-6-14(7-4-11)24-16(19)20)21-25(22,23)9-12-2-5-13(17)8-15(12)18/h2-8,10,16,21H,9H2,1H3. The van der Waals surface area contributed by atoms with Crippen molar-refractivity contribution in [1.82, 2.24) is 4.72 Å². The molecule has 1 unspecified atom stereocenters. The Morgan fingerprint density at radius 3 is 2.36 bits per heavy atom. The van der Waals surface area contributed by atoms with Gasteiger partial charge in [0.1, 0.15) is 11.6 Å². The maximum absolute atomic E-state index is 13.8. The summed E-state index contributed by atoms with van der Waals surface area (Å²) in [4.78, 5) is 0. The van der Waals surface area contributed by atoms with Crippen molar-refractivity contribution < 1.29 is 26.3 Å². The third kappa shape index (κ3) is 6.02. The summed E-state index contributed by atoms with van der Waals surface area (Å²) >= 11 is 3.11. The molecule has 9 heteroatoms. The van der Waals surface area contributed by atoms with E-state index in [0.717, 1.165) is 0 Å². The summed E-state index contributed by atoms with van der Waals surface area (Å²) in [6, 6.07) is 9.11. The van der Waals surface area contributed by atoms with Crippen LogP contribution >= 0.6 is 15.9 Å². The number of rotatable bonds is 7. The molecule has 2 aromatic rings. The number of benzene rings is 2. The lowest BCUT2D eigenvalue weighted by atomic mass is 10.1. The molecule has 25 heavy (non-hydrogen) atoms. The second-order valence-electron chi connectivity index (χ2n) is 5.28. The fourth-order valence-corrected chi connectivity index (χ4v) is 3.90. The van der Waals surface area contributed by atoms with Gasteiger partial charge in [-0.1, -0.05) is 34.1 Å². The van der Waals surface area contributed by atoms with Crippen molar-refractivity contribution in [2.45, 2.75) is 25.3 Å². The molecule has 4 nitrogen and oxygen atoms in total. The molecule has 2 aromatic carbocycles. The van der Waals surface area contributed by atoms with Gasteiger partial charge in [0.2, 0.25) is 10.0 Å². The average molecular weight is 438 g/mol. The van der Waals surface area contributed by atoms with Crippen LogP contribution in [0.2, 0.25) is 0 Å². The summed E-state index contributed by atoms with van der Waals surface area (Å²) in [5.41, 5.74) is 0.602. The van der Waals surface area contributed by atoms with Crippen molar-refractivity contribution >= 4 is 26.0 Å². The quantitative estimate of drug-likeness (QED) is 0.699. The molecule has 136 valence electrons. The smallest absolute Gasteiger partial charge is 0.387 e. The van der Waals surface area contributed by atoms with Crippen LogP contribution in [0.15, 0.2) is 46.9 Å². The lowest BCUT2D eigenvalue weighted by Gasteiger charge is -2.15. The SMILES string of the molecule is CC(NS(=O)(=O)Cc1ccc(Br)cc1F)c1ccc(OC(F)F)cc1. The van der Waals surface area contributed by atoms with E-state index in [-0.39, 0.29) is 11.3 Å². The molecule has 0 spiro atoms. The van der Waals surface area contributed by atoms with Crippen molar-refractivity contribution in [3.8, 4) is 5.75 Å². The zero-order valence-electron chi connectivity index (χ0n) is 13.0. The Balaban J connectivity index is 2.06. The van der Waals surface area contributed by atoms with Gasteiger partial charge in [-0.25, -0.2) is 17.5 Å². The molecule has 0 amide bonds. The van der Waals surface area contributed by atoms with E-state index in [1.54, 1.807) is 13.0 Å². The van der Waals surface area contributed by atoms with Gasteiger partial charge in [0.25, 0.3) is 0 Å². The first kappa shape index (κ1) is 19.7. The van der Waals surface area contributed by atoms with Gasteiger partial charge in [-0.05, 0) is 36.8 Å². The second-order valence-corrected chi connectivity index (χ2v) is 7.95. The predicted molar refractivity (Wildman–Crippen MR) is 91.3 cm³/mol. The van der Waals surface area contributed by atoms with Crippen LogP contribution in [0.4, 0.5) is 13.2 Å². The first-order valence-corrected chi connectivity index (χ1v) is 9.59. The minimum atomic E-state index is -3.80. The summed E-state index contributed by atoms with van der Waals surface area (Å²) in [5.74, 6) is -1.16. The molecule has 0 aromatic heterocycles. The highest BCUT2D eigenvalue weighted by molar-refractivity contribution is 9.10. The molecule has 1 N–H and O–H groups in total. The van der Waals surface area contributed by atoms with Crippen LogP contribution in [0, 0.1) is 5.82 Å². The largest absolute Gasteiger partial charge is 0.435 e.